The van der Waals surface area contributed by atoms with Gasteiger partial charge in [-0.2, -0.15) is 17.6 Å². The number of ether oxygens (including phenoxy) is 2. The van der Waals surface area contributed by atoms with E-state index in [-0.39, 0.29) is 13.2 Å². The summed E-state index contributed by atoms with van der Waals surface area (Å²) in [6.07, 6.45) is 18.1. The molecule has 300 valence electrons. The highest BCUT2D eigenvalue weighted by atomic mass is 32.2. The van der Waals surface area contributed by atoms with Gasteiger partial charge in [0.15, 0.2) is 11.5 Å². The zero-order valence-corrected chi connectivity index (χ0v) is 31.4. The summed E-state index contributed by atoms with van der Waals surface area (Å²) in [5.41, 5.74) is 0. The molecule has 4 nitrogen and oxygen atoms in total. The van der Waals surface area contributed by atoms with Crippen LogP contribution in [0.15, 0.2) is 0 Å². The Balaban J connectivity index is 0.000000520. The van der Waals surface area contributed by atoms with Crippen molar-refractivity contribution in [2.24, 2.45) is 0 Å². The Morgan fingerprint density at radius 1 is 0.308 bits per heavy atom. The minimum atomic E-state index is -2.18. The van der Waals surface area contributed by atoms with Gasteiger partial charge in [-0.25, -0.2) is 26.3 Å². The predicted molar refractivity (Wildman–Crippen MR) is 185 cm³/mol. The number of unbranched alkanes of at least 4 members (excludes halogenated alkanes) is 16. The molecule has 2 aromatic carbocycles. The minimum absolute atomic E-state index is 0.0878. The standard InChI is InChI=1S/2C18H25F5O2S/c2*1-24-26-12-10-8-6-4-2-3-5-7-9-11-25-18-16(22)14(20)13(19)15(21)17(18)23/h2*2-12H2,1H3. The molecule has 52 heavy (non-hydrogen) atoms. The molecule has 0 bridgehead atoms. The smallest absolute Gasteiger partial charge is 0.206 e. The molecule has 0 amide bonds. The van der Waals surface area contributed by atoms with E-state index in [1.54, 1.807) is 14.2 Å². The quantitative estimate of drug-likeness (QED) is 0.0281. The van der Waals surface area contributed by atoms with Gasteiger partial charge in [0.05, 0.1) is 27.4 Å². The minimum Gasteiger partial charge on any atom is -0.487 e. The van der Waals surface area contributed by atoms with E-state index in [2.05, 4.69) is 0 Å². The first-order valence-corrected chi connectivity index (χ1v) is 19.4. The Morgan fingerprint density at radius 2 is 0.519 bits per heavy atom. The summed E-state index contributed by atoms with van der Waals surface area (Å²) in [5, 5.41) is 0. The Hall–Kier alpha value is -2.04. The molecule has 0 aromatic heterocycles. The maximum atomic E-state index is 13.4. The molecule has 0 N–H and O–H groups in total. The molecular weight excluding hydrogens is 751 g/mol. The van der Waals surface area contributed by atoms with Gasteiger partial charge >= 0.3 is 0 Å². The SMILES string of the molecule is COSCCCCCCCCCCCOc1c(F)c(F)c(F)c(F)c1F.COSCCCCCCCCCCCOc1c(F)c(F)c(F)c(F)c1F. The van der Waals surface area contributed by atoms with E-state index < -0.39 is 69.7 Å². The molecule has 0 unspecified atom stereocenters. The van der Waals surface area contributed by atoms with Gasteiger partial charge in [-0.15, -0.1) is 0 Å². The first-order chi connectivity index (χ1) is 25.0. The Morgan fingerprint density at radius 3 is 0.769 bits per heavy atom. The molecule has 2 rings (SSSR count). The molecule has 16 heteroatoms. The summed E-state index contributed by atoms with van der Waals surface area (Å²) in [4.78, 5) is 0. The Bertz CT molecular complexity index is 1120. The summed E-state index contributed by atoms with van der Waals surface area (Å²) >= 11 is 2.94. The van der Waals surface area contributed by atoms with Gasteiger partial charge in [0.25, 0.3) is 0 Å². The van der Waals surface area contributed by atoms with Gasteiger partial charge in [0.1, 0.15) is 0 Å². The van der Waals surface area contributed by atoms with Crippen molar-refractivity contribution in [1.82, 2.24) is 0 Å². The van der Waals surface area contributed by atoms with Crippen molar-refractivity contribution in [3.63, 3.8) is 0 Å². The zero-order chi connectivity index (χ0) is 38.7. The van der Waals surface area contributed by atoms with Crippen LogP contribution in [0.1, 0.15) is 116 Å². The van der Waals surface area contributed by atoms with Crippen LogP contribution in [-0.2, 0) is 8.37 Å². The Labute approximate surface area is 309 Å². The van der Waals surface area contributed by atoms with Crippen LogP contribution < -0.4 is 9.47 Å². The van der Waals surface area contributed by atoms with Gasteiger partial charge in [-0.05, 0) is 49.8 Å². The molecule has 0 atom stereocenters. The maximum absolute atomic E-state index is 13.4. The molecule has 0 aliphatic carbocycles. The van der Waals surface area contributed by atoms with Gasteiger partial charge in [0, 0.05) is 11.5 Å². The fraction of sp³-hybridized carbons (Fsp3) is 0.667. The van der Waals surface area contributed by atoms with Crippen LogP contribution >= 0.6 is 24.1 Å². The van der Waals surface area contributed by atoms with Crippen molar-refractivity contribution in [2.45, 2.75) is 116 Å². The maximum Gasteiger partial charge on any atom is 0.206 e. The highest BCUT2D eigenvalue weighted by Crippen LogP contribution is 2.30. The van der Waals surface area contributed by atoms with Crippen molar-refractivity contribution in [3.05, 3.63) is 58.2 Å². The number of hydrogen-bond acceptors (Lipinski definition) is 6. The fourth-order valence-corrected chi connectivity index (χ4v) is 5.92. The molecule has 0 saturated heterocycles. The predicted octanol–water partition coefficient (Wildman–Crippen LogP) is 13.1. The summed E-state index contributed by atoms with van der Waals surface area (Å²) in [6, 6.07) is 0. The van der Waals surface area contributed by atoms with E-state index in [1.807, 2.05) is 0 Å². The van der Waals surface area contributed by atoms with E-state index >= 15 is 0 Å². The number of benzene rings is 2. The molecule has 0 spiro atoms. The number of hydrogen-bond donors (Lipinski definition) is 0. The number of rotatable bonds is 28. The summed E-state index contributed by atoms with van der Waals surface area (Å²) in [7, 11) is 3.33. The van der Waals surface area contributed by atoms with Crippen LogP contribution in [0.5, 0.6) is 11.5 Å². The van der Waals surface area contributed by atoms with E-state index in [0.717, 1.165) is 75.7 Å². The van der Waals surface area contributed by atoms with E-state index in [9.17, 15) is 43.9 Å². The molecule has 0 heterocycles. The van der Waals surface area contributed by atoms with Crippen molar-refractivity contribution in [1.29, 1.82) is 0 Å². The third-order valence-electron chi connectivity index (χ3n) is 7.81. The normalized spacial score (nSPS) is 11.2. The fourth-order valence-electron chi connectivity index (χ4n) is 4.94. The second kappa shape index (κ2) is 29.3. The van der Waals surface area contributed by atoms with Crippen molar-refractivity contribution < 1.29 is 61.7 Å². The van der Waals surface area contributed by atoms with Crippen molar-refractivity contribution in [3.8, 4) is 11.5 Å². The Kier molecular flexibility index (Phi) is 27.1. The molecule has 2 aromatic rings. The molecule has 0 radical (unpaired) electrons. The average molecular weight is 801 g/mol. The largest absolute Gasteiger partial charge is 0.487 e. The first kappa shape index (κ1) is 48.0. The third kappa shape index (κ3) is 18.3. The summed E-state index contributed by atoms with van der Waals surface area (Å²) in [6.45, 7) is -0.176. The van der Waals surface area contributed by atoms with E-state index in [4.69, 9.17) is 17.8 Å². The lowest BCUT2D eigenvalue weighted by atomic mass is 10.1. The number of halogens is 10. The molecule has 0 fully saturated rings. The summed E-state index contributed by atoms with van der Waals surface area (Å²) in [5.74, 6) is -20.4. The highest BCUT2D eigenvalue weighted by molar-refractivity contribution is 7.94. The summed E-state index contributed by atoms with van der Waals surface area (Å²) < 4.78 is 151. The highest BCUT2D eigenvalue weighted by Gasteiger charge is 2.28. The second-order valence-corrected chi connectivity index (χ2v) is 13.8. The molecule has 0 aliphatic heterocycles. The van der Waals surface area contributed by atoms with Gasteiger partial charge in [-0.3, -0.25) is 0 Å². The monoisotopic (exact) mass is 800 g/mol. The lowest BCUT2D eigenvalue weighted by Crippen LogP contribution is -2.08. The van der Waals surface area contributed by atoms with E-state index in [1.165, 1.54) is 62.6 Å². The van der Waals surface area contributed by atoms with Crippen LogP contribution in [0.3, 0.4) is 0 Å². The van der Waals surface area contributed by atoms with Crippen LogP contribution in [0, 0.1) is 58.2 Å². The topological polar surface area (TPSA) is 36.9 Å². The lowest BCUT2D eigenvalue weighted by molar-refractivity contribution is 0.255. The lowest BCUT2D eigenvalue weighted by Gasteiger charge is -2.10. The van der Waals surface area contributed by atoms with Crippen LogP contribution in [0.2, 0.25) is 0 Å². The van der Waals surface area contributed by atoms with E-state index in [0.29, 0.717) is 12.8 Å². The average Bonchev–Trinajstić information content (AvgIpc) is 3.14. The van der Waals surface area contributed by atoms with Crippen molar-refractivity contribution >= 4 is 24.1 Å². The zero-order valence-electron chi connectivity index (χ0n) is 29.8. The van der Waals surface area contributed by atoms with Gasteiger partial charge in [-0.1, -0.05) is 89.9 Å². The van der Waals surface area contributed by atoms with Gasteiger partial charge in [0.2, 0.25) is 58.2 Å². The van der Waals surface area contributed by atoms with Crippen molar-refractivity contribution in [2.75, 3.05) is 38.9 Å². The van der Waals surface area contributed by atoms with Crippen LogP contribution in [-0.4, -0.2) is 38.9 Å². The van der Waals surface area contributed by atoms with Crippen LogP contribution in [0.4, 0.5) is 43.9 Å². The second-order valence-electron chi connectivity index (χ2n) is 11.8. The first-order valence-electron chi connectivity index (χ1n) is 17.6. The molecular formula is C36H50F10O4S2. The van der Waals surface area contributed by atoms with Gasteiger partial charge < -0.3 is 17.8 Å². The molecule has 0 saturated carbocycles. The van der Waals surface area contributed by atoms with Crippen LogP contribution in [0.25, 0.3) is 0 Å². The molecule has 0 aliphatic rings. The third-order valence-corrected chi connectivity index (χ3v) is 9.19.